The highest BCUT2D eigenvalue weighted by molar-refractivity contribution is 6.33. The van der Waals surface area contributed by atoms with Gasteiger partial charge in [0.1, 0.15) is 5.75 Å². The van der Waals surface area contributed by atoms with E-state index in [0.29, 0.717) is 16.3 Å². The maximum atomic E-state index is 10.7. The number of benzene rings is 1. The number of rotatable bonds is 4. The lowest BCUT2D eigenvalue weighted by Crippen LogP contribution is -2.16. The van der Waals surface area contributed by atoms with Crippen molar-refractivity contribution in [1.29, 1.82) is 0 Å². The van der Waals surface area contributed by atoms with Crippen LogP contribution in [0.5, 0.6) is 5.75 Å². The molecule has 94 valence electrons. The molecule has 0 bridgehead atoms. The van der Waals surface area contributed by atoms with E-state index in [9.17, 15) is 4.79 Å². The number of ether oxygens (including phenoxy) is 1. The normalized spacial score (nSPS) is 12.3. The van der Waals surface area contributed by atoms with Crippen LogP contribution in [0.1, 0.15) is 29.2 Å². The molecule has 0 fully saturated rings. The summed E-state index contributed by atoms with van der Waals surface area (Å²) in [7, 11) is 1.49. The summed E-state index contributed by atoms with van der Waals surface area (Å²) in [6.07, 6.45) is -0.158. The van der Waals surface area contributed by atoms with E-state index in [1.807, 2.05) is 19.9 Å². The van der Waals surface area contributed by atoms with E-state index >= 15 is 0 Å². The molecular weight excluding hydrogens is 242 g/mol. The molecular formula is C12H16ClNO3. The Bertz CT molecular complexity index is 446. The monoisotopic (exact) mass is 257 g/mol. The minimum Gasteiger partial charge on any atom is -0.495 e. The molecule has 0 aromatic heterocycles. The number of aryl methyl sites for hydroxylation is 1. The molecule has 1 aromatic carbocycles. The smallest absolute Gasteiger partial charge is 0.305 e. The maximum absolute atomic E-state index is 10.7. The van der Waals surface area contributed by atoms with E-state index in [1.165, 1.54) is 7.11 Å². The summed E-state index contributed by atoms with van der Waals surface area (Å²) in [4.78, 5) is 10.7. The summed E-state index contributed by atoms with van der Waals surface area (Å²) in [5.41, 5.74) is 8.34. The van der Waals surface area contributed by atoms with E-state index in [4.69, 9.17) is 27.2 Å². The number of halogens is 1. The van der Waals surface area contributed by atoms with Crippen molar-refractivity contribution in [3.8, 4) is 5.75 Å². The van der Waals surface area contributed by atoms with Crippen LogP contribution in [0.25, 0.3) is 0 Å². The van der Waals surface area contributed by atoms with Gasteiger partial charge in [-0.05, 0) is 25.0 Å². The van der Waals surface area contributed by atoms with Crippen molar-refractivity contribution in [2.24, 2.45) is 5.73 Å². The fourth-order valence-electron chi connectivity index (χ4n) is 1.66. The van der Waals surface area contributed by atoms with Crippen LogP contribution in [0.3, 0.4) is 0 Å². The van der Waals surface area contributed by atoms with Crippen LogP contribution in [-0.4, -0.2) is 18.2 Å². The minimum atomic E-state index is -0.950. The first-order valence-corrected chi connectivity index (χ1v) is 5.57. The van der Waals surface area contributed by atoms with Crippen molar-refractivity contribution in [2.75, 3.05) is 7.11 Å². The molecule has 0 aliphatic rings. The molecule has 0 aliphatic heterocycles. The van der Waals surface area contributed by atoms with Crippen molar-refractivity contribution < 1.29 is 14.6 Å². The first-order valence-electron chi connectivity index (χ1n) is 5.19. The summed E-state index contributed by atoms with van der Waals surface area (Å²) in [6, 6.07) is 1.20. The van der Waals surface area contributed by atoms with Crippen molar-refractivity contribution >= 4 is 17.6 Å². The summed E-state index contributed by atoms with van der Waals surface area (Å²) >= 11 is 6.16. The summed E-state index contributed by atoms with van der Waals surface area (Å²) < 4.78 is 5.21. The van der Waals surface area contributed by atoms with Crippen LogP contribution >= 0.6 is 11.6 Å². The lowest BCUT2D eigenvalue weighted by Gasteiger charge is -2.18. The third-order valence-corrected chi connectivity index (χ3v) is 3.21. The van der Waals surface area contributed by atoms with E-state index in [-0.39, 0.29) is 6.42 Å². The summed E-state index contributed by atoms with van der Waals surface area (Å²) in [5.74, 6) is -0.488. The second kappa shape index (κ2) is 5.38. The molecule has 5 heteroatoms. The predicted molar refractivity (Wildman–Crippen MR) is 66.7 cm³/mol. The van der Waals surface area contributed by atoms with Gasteiger partial charge in [-0.3, -0.25) is 4.79 Å². The Kier molecular flexibility index (Phi) is 4.37. The van der Waals surface area contributed by atoms with E-state index in [0.717, 1.165) is 11.1 Å². The van der Waals surface area contributed by atoms with Crippen LogP contribution in [0.15, 0.2) is 6.07 Å². The molecule has 0 radical (unpaired) electrons. The summed E-state index contributed by atoms with van der Waals surface area (Å²) in [6.45, 7) is 3.78. The first-order chi connectivity index (χ1) is 7.88. The lowest BCUT2D eigenvalue weighted by atomic mass is 9.98. The molecule has 0 aliphatic carbocycles. The van der Waals surface area contributed by atoms with Crippen molar-refractivity contribution in [1.82, 2.24) is 0 Å². The lowest BCUT2D eigenvalue weighted by molar-refractivity contribution is -0.137. The number of nitrogens with two attached hydrogens (primary N) is 1. The maximum Gasteiger partial charge on any atom is 0.305 e. The van der Waals surface area contributed by atoms with Crippen LogP contribution < -0.4 is 10.5 Å². The van der Waals surface area contributed by atoms with Gasteiger partial charge in [0.05, 0.1) is 18.6 Å². The van der Waals surface area contributed by atoms with Gasteiger partial charge in [0, 0.05) is 11.6 Å². The van der Waals surface area contributed by atoms with Gasteiger partial charge in [0.15, 0.2) is 0 Å². The molecule has 0 saturated heterocycles. The molecule has 0 amide bonds. The number of carbonyl (C=O) groups is 1. The second-order valence-electron chi connectivity index (χ2n) is 3.96. The second-order valence-corrected chi connectivity index (χ2v) is 4.34. The highest BCUT2D eigenvalue weighted by Crippen LogP contribution is 2.37. The number of carboxylic acid groups (broad SMARTS) is 1. The molecule has 3 N–H and O–H groups in total. The van der Waals surface area contributed by atoms with Crippen LogP contribution in [0, 0.1) is 13.8 Å². The fourth-order valence-corrected chi connectivity index (χ4v) is 1.99. The van der Waals surface area contributed by atoms with Gasteiger partial charge in [-0.2, -0.15) is 0 Å². The number of methoxy groups -OCH3 is 1. The van der Waals surface area contributed by atoms with Gasteiger partial charge in [-0.1, -0.05) is 17.7 Å². The van der Waals surface area contributed by atoms with Crippen molar-refractivity contribution in [3.05, 3.63) is 27.8 Å². The zero-order chi connectivity index (χ0) is 13.2. The Morgan fingerprint density at radius 2 is 2.18 bits per heavy atom. The third kappa shape index (κ3) is 2.90. The van der Waals surface area contributed by atoms with Gasteiger partial charge in [0.25, 0.3) is 0 Å². The predicted octanol–water partition coefficient (Wildman–Crippen LogP) is 2.44. The molecule has 0 heterocycles. The molecule has 1 unspecified atom stereocenters. The van der Waals surface area contributed by atoms with Gasteiger partial charge >= 0.3 is 5.97 Å². The largest absolute Gasteiger partial charge is 0.495 e. The molecule has 0 spiro atoms. The van der Waals surface area contributed by atoms with E-state index in [2.05, 4.69) is 0 Å². The number of hydrogen-bond donors (Lipinski definition) is 2. The number of carboxylic acids is 1. The van der Waals surface area contributed by atoms with Crippen LogP contribution in [-0.2, 0) is 4.79 Å². The van der Waals surface area contributed by atoms with Crippen molar-refractivity contribution in [2.45, 2.75) is 26.3 Å². The zero-order valence-electron chi connectivity index (χ0n) is 10.1. The number of aliphatic carboxylic acids is 1. The van der Waals surface area contributed by atoms with Gasteiger partial charge < -0.3 is 15.6 Å². The highest BCUT2D eigenvalue weighted by atomic mass is 35.5. The molecule has 1 atom stereocenters. The Hall–Kier alpha value is -1.26. The Labute approximate surface area is 105 Å². The van der Waals surface area contributed by atoms with Crippen LogP contribution in [0.4, 0.5) is 0 Å². The molecule has 1 rings (SSSR count). The third-order valence-electron chi connectivity index (χ3n) is 2.75. The molecule has 0 saturated carbocycles. The Morgan fingerprint density at radius 3 is 2.65 bits per heavy atom. The first kappa shape index (κ1) is 13.8. The average Bonchev–Trinajstić information content (AvgIpc) is 2.24. The van der Waals surface area contributed by atoms with Gasteiger partial charge in [-0.15, -0.1) is 0 Å². The van der Waals surface area contributed by atoms with Gasteiger partial charge in [0.2, 0.25) is 0 Å². The Balaban J connectivity index is 3.27. The fraction of sp³-hybridized carbons (Fsp3) is 0.417. The van der Waals surface area contributed by atoms with Gasteiger partial charge in [-0.25, -0.2) is 0 Å². The standard InChI is InChI=1S/C12H16ClNO3/c1-6-4-8(9(14)5-10(15)16)12(17-3)11(13)7(6)2/h4,9H,5,14H2,1-3H3,(H,15,16). The Morgan fingerprint density at radius 1 is 1.59 bits per heavy atom. The molecule has 17 heavy (non-hydrogen) atoms. The minimum absolute atomic E-state index is 0.158. The zero-order valence-corrected chi connectivity index (χ0v) is 10.8. The van der Waals surface area contributed by atoms with E-state index in [1.54, 1.807) is 0 Å². The van der Waals surface area contributed by atoms with Crippen molar-refractivity contribution in [3.63, 3.8) is 0 Å². The van der Waals surface area contributed by atoms with Crippen LogP contribution in [0.2, 0.25) is 5.02 Å². The average molecular weight is 258 g/mol. The quantitative estimate of drug-likeness (QED) is 0.869. The molecule has 1 aromatic rings. The van der Waals surface area contributed by atoms with E-state index < -0.39 is 12.0 Å². The SMILES string of the molecule is COc1c(C(N)CC(=O)O)cc(C)c(C)c1Cl. The topological polar surface area (TPSA) is 72.5 Å². The molecule has 4 nitrogen and oxygen atoms in total. The number of hydrogen-bond acceptors (Lipinski definition) is 3. The highest BCUT2D eigenvalue weighted by Gasteiger charge is 2.19. The summed E-state index contributed by atoms with van der Waals surface area (Å²) in [5, 5.41) is 9.24.